The highest BCUT2D eigenvalue weighted by Crippen LogP contribution is 2.32. The Labute approximate surface area is 220 Å². The Hall–Kier alpha value is -3.78. The van der Waals surface area contributed by atoms with Crippen LogP contribution in [0.4, 0.5) is 20.4 Å². The van der Waals surface area contributed by atoms with E-state index in [9.17, 15) is 8.78 Å². The molecule has 0 aliphatic carbocycles. The van der Waals surface area contributed by atoms with E-state index in [0.29, 0.717) is 18.1 Å². The Bertz CT molecular complexity index is 1200. The SMILES string of the molecule is C=C.C=O.CO.Cc1ccc(Nc2nc3cc(C)ccc3n2Cc2ccccc2C(C)(F)F)cc1.[B]C. The van der Waals surface area contributed by atoms with E-state index in [1.54, 1.807) is 18.2 Å². The maximum atomic E-state index is 14.2. The van der Waals surface area contributed by atoms with Crippen LogP contribution in [0.25, 0.3) is 11.0 Å². The third kappa shape index (κ3) is 9.31. The van der Waals surface area contributed by atoms with Gasteiger partial charge >= 0.3 is 0 Å². The van der Waals surface area contributed by atoms with Gasteiger partial charge in [0.2, 0.25) is 5.95 Å². The van der Waals surface area contributed by atoms with Gasteiger partial charge in [0.05, 0.1) is 25.4 Å². The maximum Gasteiger partial charge on any atom is 0.270 e. The van der Waals surface area contributed by atoms with Gasteiger partial charge in [0.15, 0.2) is 0 Å². The first-order chi connectivity index (χ1) is 17.8. The number of aliphatic hydroxyl groups is 1. The van der Waals surface area contributed by atoms with E-state index in [1.807, 2.05) is 67.7 Å². The number of carbonyl (C=O) groups excluding carboxylic acids is 1. The molecule has 8 heteroatoms. The van der Waals surface area contributed by atoms with Crippen molar-refractivity contribution in [2.24, 2.45) is 0 Å². The number of halogens is 2. The lowest BCUT2D eigenvalue weighted by atomic mass is 10.0. The minimum atomic E-state index is -2.91. The zero-order chi connectivity index (χ0) is 28.6. The molecule has 0 aliphatic rings. The Kier molecular flexibility index (Phi) is 15.1. The summed E-state index contributed by atoms with van der Waals surface area (Å²) < 4.78 is 30.3. The number of imidazole rings is 1. The van der Waals surface area contributed by atoms with Gasteiger partial charge in [-0.3, -0.25) is 0 Å². The fourth-order valence-electron chi connectivity index (χ4n) is 3.52. The quantitative estimate of drug-likeness (QED) is 0.226. The average molecular weight is 507 g/mol. The summed E-state index contributed by atoms with van der Waals surface area (Å²) in [6, 6.07) is 20.7. The first-order valence-electron chi connectivity index (χ1n) is 11.4. The van der Waals surface area contributed by atoms with E-state index in [2.05, 4.69) is 26.3 Å². The predicted octanol–water partition coefficient (Wildman–Crippen LogP) is 6.99. The molecule has 0 saturated carbocycles. The Morgan fingerprint density at radius 3 is 2.05 bits per heavy atom. The Morgan fingerprint density at radius 2 is 1.49 bits per heavy atom. The number of hydrogen-bond donors (Lipinski definition) is 2. The van der Waals surface area contributed by atoms with Crippen molar-refractivity contribution < 1.29 is 18.7 Å². The number of anilines is 2. The van der Waals surface area contributed by atoms with Crippen molar-refractivity contribution in [1.29, 1.82) is 0 Å². The lowest BCUT2D eigenvalue weighted by Crippen LogP contribution is -2.13. The van der Waals surface area contributed by atoms with Crippen molar-refractivity contribution in [3.8, 4) is 0 Å². The molecule has 1 heterocycles. The van der Waals surface area contributed by atoms with Crippen LogP contribution < -0.4 is 5.32 Å². The van der Waals surface area contributed by atoms with Crippen molar-refractivity contribution in [3.05, 3.63) is 102 Å². The summed E-state index contributed by atoms with van der Waals surface area (Å²) in [5, 5.41) is 10.4. The Morgan fingerprint density at radius 1 is 0.946 bits per heavy atom. The van der Waals surface area contributed by atoms with Crippen molar-refractivity contribution in [2.45, 2.75) is 40.1 Å². The molecule has 4 aromatic rings. The highest BCUT2D eigenvalue weighted by molar-refractivity contribution is 6.05. The van der Waals surface area contributed by atoms with Gasteiger partial charge in [-0.25, -0.2) is 13.8 Å². The summed E-state index contributed by atoms with van der Waals surface area (Å²) in [5.41, 5.74) is 5.52. The second-order valence-corrected chi connectivity index (χ2v) is 7.55. The third-order valence-corrected chi connectivity index (χ3v) is 5.03. The first kappa shape index (κ1) is 33.2. The monoisotopic (exact) mass is 507 g/mol. The normalized spacial score (nSPS) is 9.73. The summed E-state index contributed by atoms with van der Waals surface area (Å²) in [6.45, 7) is 14.8. The number of nitrogens with one attached hydrogen (secondary N) is 1. The van der Waals surface area contributed by atoms with Gasteiger partial charge in [-0.05, 0) is 49.2 Å². The van der Waals surface area contributed by atoms with E-state index in [-0.39, 0.29) is 5.56 Å². The second-order valence-electron chi connectivity index (χ2n) is 7.55. The number of hydrogen-bond acceptors (Lipinski definition) is 4. The molecule has 0 atom stereocenters. The first-order valence-corrected chi connectivity index (χ1v) is 11.4. The molecule has 0 amide bonds. The zero-order valence-electron chi connectivity index (χ0n) is 22.3. The number of rotatable bonds is 5. The highest BCUT2D eigenvalue weighted by atomic mass is 19.3. The summed E-state index contributed by atoms with van der Waals surface area (Å²) in [4.78, 5) is 12.7. The van der Waals surface area contributed by atoms with Gasteiger partial charge in [0, 0.05) is 25.3 Å². The van der Waals surface area contributed by atoms with Crippen LogP contribution in [0.15, 0.2) is 79.9 Å². The number of carbonyl (C=O) groups is 1. The van der Waals surface area contributed by atoms with E-state index in [4.69, 9.17) is 14.9 Å². The molecule has 0 fully saturated rings. The molecule has 1 aromatic heterocycles. The van der Waals surface area contributed by atoms with E-state index >= 15 is 0 Å². The highest BCUT2D eigenvalue weighted by Gasteiger charge is 2.27. The van der Waals surface area contributed by atoms with Crippen LogP contribution in [0.5, 0.6) is 0 Å². The number of benzene rings is 3. The number of aromatic nitrogens is 2. The number of alkyl halides is 2. The van der Waals surface area contributed by atoms with Gasteiger partial charge in [0.25, 0.3) is 5.92 Å². The molecule has 4 rings (SSSR count). The molecule has 37 heavy (non-hydrogen) atoms. The van der Waals surface area contributed by atoms with Gasteiger partial charge < -0.3 is 19.8 Å². The van der Waals surface area contributed by atoms with Gasteiger partial charge in [-0.2, -0.15) is 0 Å². The predicted molar refractivity (Wildman–Crippen MR) is 152 cm³/mol. The molecular weight excluding hydrogens is 471 g/mol. The maximum absolute atomic E-state index is 14.2. The van der Waals surface area contributed by atoms with Gasteiger partial charge in [0.1, 0.15) is 6.79 Å². The fraction of sp³-hybridized carbons (Fsp3) is 0.241. The Balaban J connectivity index is 0.00000148. The minimum Gasteiger partial charge on any atom is -0.400 e. The summed E-state index contributed by atoms with van der Waals surface area (Å²) in [6.07, 6.45) is 0. The van der Waals surface area contributed by atoms with Crippen molar-refractivity contribution in [2.75, 3.05) is 12.4 Å². The lowest BCUT2D eigenvalue weighted by Gasteiger charge is -2.18. The van der Waals surface area contributed by atoms with Crippen LogP contribution >= 0.6 is 0 Å². The third-order valence-electron chi connectivity index (χ3n) is 5.03. The van der Waals surface area contributed by atoms with Crippen molar-refractivity contribution >= 4 is 37.3 Å². The number of aliphatic hydroxyl groups excluding tert-OH is 1. The molecule has 3 aromatic carbocycles. The number of fused-ring (bicyclic) bond motifs is 1. The number of nitrogens with zero attached hydrogens (tertiary/aromatic N) is 2. The summed E-state index contributed by atoms with van der Waals surface area (Å²) in [5.74, 6) is -2.28. The van der Waals surface area contributed by atoms with Crippen LogP contribution in [-0.4, -0.2) is 36.4 Å². The van der Waals surface area contributed by atoms with Gasteiger partial charge in [-0.15, -0.1) is 13.2 Å². The molecule has 0 aliphatic heterocycles. The smallest absolute Gasteiger partial charge is 0.270 e. The number of aryl methyl sites for hydroxylation is 2. The molecule has 196 valence electrons. The largest absolute Gasteiger partial charge is 0.400 e. The molecule has 2 N–H and O–H groups in total. The molecule has 0 unspecified atom stereocenters. The van der Waals surface area contributed by atoms with Crippen LogP contribution in [0, 0.1) is 13.8 Å². The fourth-order valence-corrected chi connectivity index (χ4v) is 3.52. The van der Waals surface area contributed by atoms with Crippen molar-refractivity contribution in [1.82, 2.24) is 9.55 Å². The van der Waals surface area contributed by atoms with Crippen LogP contribution in [0.1, 0.15) is 29.2 Å². The summed E-state index contributed by atoms with van der Waals surface area (Å²) >= 11 is 0. The van der Waals surface area contributed by atoms with Gasteiger partial charge in [-0.1, -0.05) is 54.9 Å². The van der Waals surface area contributed by atoms with E-state index < -0.39 is 5.92 Å². The van der Waals surface area contributed by atoms with E-state index in [0.717, 1.165) is 36.3 Å². The molecule has 0 saturated heterocycles. The molecular formula is C29H36BF2N3O2. The molecule has 0 bridgehead atoms. The lowest BCUT2D eigenvalue weighted by molar-refractivity contribution is -0.0980. The van der Waals surface area contributed by atoms with Crippen LogP contribution in [-0.2, 0) is 17.3 Å². The molecule has 2 radical (unpaired) electrons. The second kappa shape index (κ2) is 16.8. The molecule has 5 nitrogen and oxygen atoms in total. The standard InChI is InChI=1S/C24H23F2N3.C2H4.CH3B.CH4O.CH2O/c1-16-8-11-19(12-9-16)27-23-28-21-14-17(2)10-13-22(21)29(23)15-18-6-4-5-7-20(18)24(3,25)26;4*1-2/h4-14H,15H2,1-3H3,(H,27,28);1-2H2;1H3;2H,1H3;1H2. The minimum absolute atomic E-state index is 0.0373. The van der Waals surface area contributed by atoms with E-state index in [1.165, 1.54) is 18.5 Å². The topological polar surface area (TPSA) is 67.2 Å². The van der Waals surface area contributed by atoms with Crippen molar-refractivity contribution in [3.63, 3.8) is 0 Å². The average Bonchev–Trinajstić information content (AvgIpc) is 3.25. The zero-order valence-corrected chi connectivity index (χ0v) is 22.3. The van der Waals surface area contributed by atoms with Crippen LogP contribution in [0.2, 0.25) is 6.82 Å². The summed E-state index contributed by atoms with van der Waals surface area (Å²) in [7, 11) is 5.50. The van der Waals surface area contributed by atoms with Crippen LogP contribution in [0.3, 0.4) is 0 Å². The molecule has 0 spiro atoms.